The number of piperidine rings is 1. The fraction of sp³-hybridized carbons (Fsp3) is 0.474. The van der Waals surface area contributed by atoms with E-state index >= 15 is 0 Å². The number of carbonyl (C=O) groups is 2. The molecule has 0 saturated carbocycles. The number of rotatable bonds is 4. The van der Waals surface area contributed by atoms with Gasteiger partial charge < -0.3 is 9.80 Å². The van der Waals surface area contributed by atoms with Crippen LogP contribution in [0.15, 0.2) is 30.3 Å². The summed E-state index contributed by atoms with van der Waals surface area (Å²) in [5.74, 6) is 0.0532. The molecule has 0 radical (unpaired) electrons. The molecule has 1 saturated heterocycles. The van der Waals surface area contributed by atoms with E-state index in [4.69, 9.17) is 0 Å². The Balaban J connectivity index is 1.90. The van der Waals surface area contributed by atoms with Crippen LogP contribution in [0, 0.1) is 0 Å². The van der Waals surface area contributed by atoms with Gasteiger partial charge in [0.1, 0.15) is 0 Å². The number of unbranched alkanes of at least 4 members (excludes halogenated alkanes) is 1. The first-order valence-electron chi connectivity index (χ1n) is 8.64. The van der Waals surface area contributed by atoms with Crippen molar-refractivity contribution in [1.82, 2.24) is 9.80 Å². The van der Waals surface area contributed by atoms with Gasteiger partial charge in [-0.15, -0.1) is 0 Å². The largest absolute Gasteiger partial charge is 0.339 e. The maximum Gasteiger partial charge on any atom is 0.258 e. The van der Waals surface area contributed by atoms with Gasteiger partial charge in [-0.1, -0.05) is 31.5 Å². The number of nitrogens with zero attached hydrogens (tertiary/aromatic N) is 2. The minimum absolute atomic E-state index is 0.0201. The Hall–Kier alpha value is -2.10. The van der Waals surface area contributed by atoms with Gasteiger partial charge in [-0.2, -0.15) is 0 Å². The van der Waals surface area contributed by atoms with Crippen LogP contribution in [0.1, 0.15) is 54.9 Å². The summed E-state index contributed by atoms with van der Waals surface area (Å²) in [4.78, 5) is 28.9. The van der Waals surface area contributed by atoms with Crippen molar-refractivity contribution in [2.45, 2.75) is 39.0 Å². The van der Waals surface area contributed by atoms with Crippen molar-refractivity contribution in [1.29, 1.82) is 0 Å². The van der Waals surface area contributed by atoms with E-state index in [0.717, 1.165) is 50.0 Å². The van der Waals surface area contributed by atoms with E-state index in [9.17, 15) is 9.59 Å². The zero-order valence-electron chi connectivity index (χ0n) is 13.8. The second kappa shape index (κ2) is 6.99. The van der Waals surface area contributed by atoms with E-state index in [1.54, 1.807) is 11.0 Å². The van der Waals surface area contributed by atoms with Crippen molar-refractivity contribution in [3.05, 3.63) is 41.5 Å². The summed E-state index contributed by atoms with van der Waals surface area (Å²) in [6.45, 7) is 4.43. The predicted molar refractivity (Wildman–Crippen MR) is 90.8 cm³/mol. The lowest BCUT2D eigenvalue weighted by molar-refractivity contribution is -0.126. The smallest absolute Gasteiger partial charge is 0.258 e. The topological polar surface area (TPSA) is 40.6 Å². The molecule has 3 rings (SSSR count). The molecule has 0 N–H and O–H groups in total. The van der Waals surface area contributed by atoms with E-state index in [0.29, 0.717) is 12.1 Å². The zero-order valence-corrected chi connectivity index (χ0v) is 13.8. The molecule has 0 aliphatic carbocycles. The van der Waals surface area contributed by atoms with E-state index in [1.165, 1.54) is 6.42 Å². The third-order valence-corrected chi connectivity index (χ3v) is 4.63. The summed E-state index contributed by atoms with van der Waals surface area (Å²) in [5, 5.41) is 0. The van der Waals surface area contributed by atoms with Crippen LogP contribution < -0.4 is 0 Å². The minimum atomic E-state index is 0.0201. The van der Waals surface area contributed by atoms with Crippen LogP contribution in [0.2, 0.25) is 0 Å². The summed E-state index contributed by atoms with van der Waals surface area (Å²) < 4.78 is 0. The van der Waals surface area contributed by atoms with Crippen LogP contribution in [0.5, 0.6) is 0 Å². The van der Waals surface area contributed by atoms with Crippen molar-refractivity contribution in [3.63, 3.8) is 0 Å². The number of amides is 2. The maximum absolute atomic E-state index is 12.6. The van der Waals surface area contributed by atoms with Crippen LogP contribution in [0.25, 0.3) is 5.70 Å². The van der Waals surface area contributed by atoms with Crippen LogP contribution in [-0.4, -0.2) is 41.2 Å². The SMILES string of the molecule is CCCCN1C(=O)c2ccccc2/C1=C\C(=O)N1CCCCC1. The van der Waals surface area contributed by atoms with Gasteiger partial charge in [0, 0.05) is 36.8 Å². The number of carbonyl (C=O) groups excluding carboxylic acids is 2. The van der Waals surface area contributed by atoms with Gasteiger partial charge in [-0.3, -0.25) is 9.59 Å². The van der Waals surface area contributed by atoms with Crippen molar-refractivity contribution in [3.8, 4) is 0 Å². The van der Waals surface area contributed by atoms with E-state index in [1.807, 2.05) is 29.2 Å². The lowest BCUT2D eigenvalue weighted by Crippen LogP contribution is -2.35. The fourth-order valence-electron chi connectivity index (χ4n) is 3.31. The molecule has 1 aromatic rings. The number of fused-ring (bicyclic) bond motifs is 1. The summed E-state index contributed by atoms with van der Waals surface area (Å²) >= 11 is 0. The molecule has 0 aromatic heterocycles. The third kappa shape index (κ3) is 3.16. The summed E-state index contributed by atoms with van der Waals surface area (Å²) in [5.41, 5.74) is 2.37. The highest BCUT2D eigenvalue weighted by atomic mass is 16.2. The fourth-order valence-corrected chi connectivity index (χ4v) is 3.31. The normalized spacial score (nSPS) is 19.3. The van der Waals surface area contributed by atoms with Crippen molar-refractivity contribution in [2.24, 2.45) is 0 Å². The molecule has 0 bridgehead atoms. The van der Waals surface area contributed by atoms with Gasteiger partial charge in [-0.25, -0.2) is 0 Å². The van der Waals surface area contributed by atoms with Crippen LogP contribution >= 0.6 is 0 Å². The highest BCUT2D eigenvalue weighted by Gasteiger charge is 2.32. The average molecular weight is 312 g/mol. The number of hydrogen-bond acceptors (Lipinski definition) is 2. The predicted octanol–water partition coefficient (Wildman–Crippen LogP) is 3.30. The lowest BCUT2D eigenvalue weighted by atomic mass is 10.1. The van der Waals surface area contributed by atoms with Crippen molar-refractivity contribution >= 4 is 17.5 Å². The van der Waals surface area contributed by atoms with Gasteiger partial charge in [0.15, 0.2) is 0 Å². The molecule has 0 spiro atoms. The average Bonchev–Trinajstić information content (AvgIpc) is 2.86. The Morgan fingerprint density at radius 1 is 1.13 bits per heavy atom. The Morgan fingerprint density at radius 2 is 1.83 bits per heavy atom. The molecule has 4 heteroatoms. The Bertz CT molecular complexity index is 630. The van der Waals surface area contributed by atoms with Gasteiger partial charge in [0.25, 0.3) is 5.91 Å². The minimum Gasteiger partial charge on any atom is -0.339 e. The van der Waals surface area contributed by atoms with Gasteiger partial charge in [0.2, 0.25) is 5.91 Å². The molecule has 1 fully saturated rings. The van der Waals surface area contributed by atoms with Crippen LogP contribution in [0.3, 0.4) is 0 Å². The second-order valence-corrected chi connectivity index (χ2v) is 6.27. The molecule has 2 heterocycles. The molecule has 1 aromatic carbocycles. The van der Waals surface area contributed by atoms with Crippen molar-refractivity contribution in [2.75, 3.05) is 19.6 Å². The van der Waals surface area contributed by atoms with Gasteiger partial charge in [-0.05, 0) is 31.7 Å². The molecule has 2 amide bonds. The summed E-state index contributed by atoms with van der Waals surface area (Å²) in [6, 6.07) is 7.59. The molecule has 4 nitrogen and oxygen atoms in total. The summed E-state index contributed by atoms with van der Waals surface area (Å²) in [6.07, 6.45) is 6.98. The Morgan fingerprint density at radius 3 is 2.52 bits per heavy atom. The first-order valence-corrected chi connectivity index (χ1v) is 8.64. The molecular weight excluding hydrogens is 288 g/mol. The zero-order chi connectivity index (χ0) is 16.2. The Labute approximate surface area is 137 Å². The van der Waals surface area contributed by atoms with Crippen molar-refractivity contribution < 1.29 is 9.59 Å². The highest BCUT2D eigenvalue weighted by molar-refractivity contribution is 6.12. The molecule has 2 aliphatic heterocycles. The third-order valence-electron chi connectivity index (χ3n) is 4.63. The molecule has 2 aliphatic rings. The number of hydrogen-bond donors (Lipinski definition) is 0. The summed E-state index contributed by atoms with van der Waals surface area (Å²) in [7, 11) is 0. The second-order valence-electron chi connectivity index (χ2n) is 6.27. The van der Waals surface area contributed by atoms with E-state index in [2.05, 4.69) is 6.92 Å². The first-order chi connectivity index (χ1) is 11.2. The van der Waals surface area contributed by atoms with Gasteiger partial charge in [0.05, 0.1) is 5.70 Å². The van der Waals surface area contributed by atoms with Crippen LogP contribution in [-0.2, 0) is 4.79 Å². The molecule has 23 heavy (non-hydrogen) atoms. The van der Waals surface area contributed by atoms with Crippen LogP contribution in [0.4, 0.5) is 0 Å². The van der Waals surface area contributed by atoms with Gasteiger partial charge >= 0.3 is 0 Å². The standard InChI is InChI=1S/C19H24N2O2/c1-2-3-13-21-17(14-18(22)20-11-7-4-8-12-20)15-9-5-6-10-16(15)19(21)23/h5-6,9-10,14H,2-4,7-8,11-13H2,1H3/b17-14+. The van der Waals surface area contributed by atoms with E-state index in [-0.39, 0.29) is 11.8 Å². The highest BCUT2D eigenvalue weighted by Crippen LogP contribution is 2.33. The molecular formula is C19H24N2O2. The quantitative estimate of drug-likeness (QED) is 0.800. The number of benzene rings is 1. The molecule has 0 atom stereocenters. The molecule has 0 unspecified atom stereocenters. The monoisotopic (exact) mass is 312 g/mol. The number of likely N-dealkylation sites (tertiary alicyclic amines) is 1. The maximum atomic E-state index is 12.6. The lowest BCUT2D eigenvalue weighted by Gasteiger charge is -2.26. The first kappa shape index (κ1) is 15.8. The Kier molecular flexibility index (Phi) is 4.79. The van der Waals surface area contributed by atoms with E-state index < -0.39 is 0 Å². The molecule has 122 valence electrons.